The summed E-state index contributed by atoms with van der Waals surface area (Å²) in [5, 5.41) is 16.9. The third-order valence-corrected chi connectivity index (χ3v) is 3.41. The van der Waals surface area contributed by atoms with Crippen molar-refractivity contribution in [1.82, 2.24) is 15.1 Å². The molecule has 0 aliphatic heterocycles. The maximum Gasteiger partial charge on any atom is 0.252 e. The van der Waals surface area contributed by atoms with E-state index in [1.165, 1.54) is 12.3 Å². The zero-order valence-electron chi connectivity index (χ0n) is 11.6. The van der Waals surface area contributed by atoms with Gasteiger partial charge in [0.2, 0.25) is 0 Å². The van der Waals surface area contributed by atoms with Crippen molar-refractivity contribution in [3.05, 3.63) is 52.6 Å². The normalized spacial score (nSPS) is 13.8. The fourth-order valence-corrected chi connectivity index (χ4v) is 2.08. The van der Waals surface area contributed by atoms with E-state index >= 15 is 0 Å². The van der Waals surface area contributed by atoms with Crippen LogP contribution in [0.15, 0.2) is 30.6 Å². The third kappa shape index (κ3) is 3.59. The van der Waals surface area contributed by atoms with Gasteiger partial charge in [0.05, 0.1) is 23.3 Å². The lowest BCUT2D eigenvalue weighted by Crippen LogP contribution is -2.38. The van der Waals surface area contributed by atoms with Gasteiger partial charge in [-0.15, -0.1) is 0 Å². The molecule has 0 fully saturated rings. The molecule has 0 saturated carbocycles. The summed E-state index contributed by atoms with van der Waals surface area (Å²) in [5.74, 6) is -0.997. The fourth-order valence-electron chi connectivity index (χ4n) is 1.82. The SMILES string of the molecule is Cn1cc(C(C)(O)CNC(=O)c2ccc(F)cc2Cl)cn1. The fraction of sp³-hybridized carbons (Fsp3) is 0.286. The molecular formula is C14H15ClFN3O2. The lowest BCUT2D eigenvalue weighted by molar-refractivity contribution is 0.0526. The van der Waals surface area contributed by atoms with Crippen molar-refractivity contribution in [3.8, 4) is 0 Å². The van der Waals surface area contributed by atoms with Gasteiger partial charge in [-0.2, -0.15) is 5.10 Å². The van der Waals surface area contributed by atoms with Gasteiger partial charge in [0, 0.05) is 18.8 Å². The number of hydrogen-bond acceptors (Lipinski definition) is 3. The quantitative estimate of drug-likeness (QED) is 0.905. The number of rotatable bonds is 4. The predicted molar refractivity (Wildman–Crippen MR) is 76.5 cm³/mol. The number of aromatic nitrogens is 2. The van der Waals surface area contributed by atoms with Crippen LogP contribution in [0.2, 0.25) is 5.02 Å². The maximum absolute atomic E-state index is 12.9. The molecule has 2 N–H and O–H groups in total. The number of amides is 1. The van der Waals surface area contributed by atoms with Gasteiger partial charge >= 0.3 is 0 Å². The highest BCUT2D eigenvalue weighted by Gasteiger charge is 2.26. The Morgan fingerprint density at radius 3 is 2.86 bits per heavy atom. The van der Waals surface area contributed by atoms with Crippen molar-refractivity contribution in [1.29, 1.82) is 0 Å². The Morgan fingerprint density at radius 1 is 1.57 bits per heavy atom. The Morgan fingerprint density at radius 2 is 2.29 bits per heavy atom. The average molecular weight is 312 g/mol. The molecule has 0 spiro atoms. The second kappa shape index (κ2) is 5.83. The Kier molecular flexibility index (Phi) is 4.29. The van der Waals surface area contributed by atoms with Crippen LogP contribution in [0.25, 0.3) is 0 Å². The van der Waals surface area contributed by atoms with Crippen molar-refractivity contribution in [2.24, 2.45) is 7.05 Å². The number of aryl methyl sites for hydroxylation is 1. The monoisotopic (exact) mass is 311 g/mol. The number of nitrogens with one attached hydrogen (secondary N) is 1. The molecule has 112 valence electrons. The lowest BCUT2D eigenvalue weighted by atomic mass is 9.99. The molecule has 1 aromatic carbocycles. The van der Waals surface area contributed by atoms with E-state index in [1.807, 2.05) is 0 Å². The molecule has 1 atom stereocenters. The van der Waals surface area contributed by atoms with Crippen LogP contribution in [0.1, 0.15) is 22.8 Å². The van der Waals surface area contributed by atoms with Crippen LogP contribution < -0.4 is 5.32 Å². The Labute approximate surface area is 126 Å². The summed E-state index contributed by atoms with van der Waals surface area (Å²) in [5.41, 5.74) is -0.535. The molecule has 0 aliphatic carbocycles. The Hall–Kier alpha value is -1.92. The van der Waals surface area contributed by atoms with Crippen LogP contribution in [-0.4, -0.2) is 27.3 Å². The van der Waals surface area contributed by atoms with Crippen molar-refractivity contribution < 1.29 is 14.3 Å². The van der Waals surface area contributed by atoms with Gasteiger partial charge in [-0.1, -0.05) is 11.6 Å². The van der Waals surface area contributed by atoms with E-state index in [0.29, 0.717) is 5.56 Å². The van der Waals surface area contributed by atoms with Gasteiger partial charge in [-0.25, -0.2) is 4.39 Å². The third-order valence-electron chi connectivity index (χ3n) is 3.10. The highest BCUT2D eigenvalue weighted by Crippen LogP contribution is 2.20. The van der Waals surface area contributed by atoms with E-state index < -0.39 is 17.3 Å². The van der Waals surface area contributed by atoms with Crippen LogP contribution in [0, 0.1) is 5.82 Å². The van der Waals surface area contributed by atoms with Crippen LogP contribution in [-0.2, 0) is 12.6 Å². The highest BCUT2D eigenvalue weighted by molar-refractivity contribution is 6.33. The first-order valence-corrected chi connectivity index (χ1v) is 6.62. The second-order valence-electron chi connectivity index (χ2n) is 4.98. The minimum atomic E-state index is -1.27. The van der Waals surface area contributed by atoms with Crippen LogP contribution in [0.4, 0.5) is 4.39 Å². The smallest absolute Gasteiger partial charge is 0.252 e. The van der Waals surface area contributed by atoms with E-state index in [0.717, 1.165) is 12.1 Å². The minimum absolute atomic E-state index is 0.0218. The second-order valence-corrected chi connectivity index (χ2v) is 5.39. The zero-order valence-corrected chi connectivity index (χ0v) is 12.4. The number of halogens is 2. The number of benzene rings is 1. The predicted octanol–water partition coefficient (Wildman–Crippen LogP) is 1.85. The Balaban J connectivity index is 2.06. The number of hydrogen-bond donors (Lipinski definition) is 2. The summed E-state index contributed by atoms with van der Waals surface area (Å²) in [6, 6.07) is 3.52. The largest absolute Gasteiger partial charge is 0.383 e. The van der Waals surface area contributed by atoms with Gasteiger partial charge in [0.25, 0.3) is 5.91 Å². The van der Waals surface area contributed by atoms with Gasteiger partial charge in [-0.05, 0) is 25.1 Å². The average Bonchev–Trinajstić information content (AvgIpc) is 2.84. The molecule has 2 rings (SSSR count). The minimum Gasteiger partial charge on any atom is -0.383 e. The highest BCUT2D eigenvalue weighted by atomic mass is 35.5. The van der Waals surface area contributed by atoms with Crippen molar-refractivity contribution >= 4 is 17.5 Å². The first kappa shape index (κ1) is 15.5. The summed E-state index contributed by atoms with van der Waals surface area (Å²) in [6.45, 7) is 1.54. The number of carbonyl (C=O) groups excluding carboxylic acids is 1. The standard InChI is InChI=1S/C14H15ClFN3O2/c1-14(21,9-6-18-19(2)7-9)8-17-13(20)11-4-3-10(16)5-12(11)15/h3-7,21H,8H2,1-2H3,(H,17,20). The van der Waals surface area contributed by atoms with E-state index in [1.54, 1.807) is 24.9 Å². The molecule has 2 aromatic rings. The molecule has 1 aromatic heterocycles. The molecule has 5 nitrogen and oxygen atoms in total. The van der Waals surface area contributed by atoms with Crippen molar-refractivity contribution in [2.75, 3.05) is 6.54 Å². The molecule has 7 heteroatoms. The number of nitrogens with zero attached hydrogens (tertiary/aromatic N) is 2. The van der Waals surface area contributed by atoms with Gasteiger partial charge < -0.3 is 10.4 Å². The summed E-state index contributed by atoms with van der Waals surface area (Å²) >= 11 is 5.82. The molecule has 1 amide bonds. The number of carbonyl (C=O) groups is 1. The van der Waals surface area contributed by atoms with E-state index in [4.69, 9.17) is 11.6 Å². The lowest BCUT2D eigenvalue weighted by Gasteiger charge is -2.22. The Bertz CT molecular complexity index is 670. The first-order valence-electron chi connectivity index (χ1n) is 6.24. The molecule has 0 radical (unpaired) electrons. The molecule has 0 saturated heterocycles. The van der Waals surface area contributed by atoms with Crippen molar-refractivity contribution in [3.63, 3.8) is 0 Å². The van der Waals surface area contributed by atoms with Crippen LogP contribution >= 0.6 is 11.6 Å². The molecule has 21 heavy (non-hydrogen) atoms. The number of aliphatic hydroxyl groups is 1. The molecule has 1 heterocycles. The van der Waals surface area contributed by atoms with E-state index in [2.05, 4.69) is 10.4 Å². The summed E-state index contributed by atoms with van der Waals surface area (Å²) in [7, 11) is 1.73. The first-order chi connectivity index (χ1) is 9.79. The van der Waals surface area contributed by atoms with Gasteiger partial charge in [0.1, 0.15) is 11.4 Å². The summed E-state index contributed by atoms with van der Waals surface area (Å²) in [6.07, 6.45) is 3.19. The van der Waals surface area contributed by atoms with E-state index in [9.17, 15) is 14.3 Å². The van der Waals surface area contributed by atoms with Gasteiger partial charge in [-0.3, -0.25) is 9.48 Å². The van der Waals surface area contributed by atoms with Gasteiger partial charge in [0.15, 0.2) is 0 Å². The topological polar surface area (TPSA) is 67.2 Å². The van der Waals surface area contributed by atoms with Crippen molar-refractivity contribution in [2.45, 2.75) is 12.5 Å². The molecule has 0 aliphatic rings. The molecular weight excluding hydrogens is 297 g/mol. The van der Waals surface area contributed by atoms with Crippen LogP contribution in [0.5, 0.6) is 0 Å². The summed E-state index contributed by atoms with van der Waals surface area (Å²) in [4.78, 5) is 12.0. The zero-order chi connectivity index (χ0) is 15.6. The molecule has 0 bridgehead atoms. The van der Waals surface area contributed by atoms with E-state index in [-0.39, 0.29) is 17.1 Å². The maximum atomic E-state index is 12.9. The molecule has 1 unspecified atom stereocenters. The summed E-state index contributed by atoms with van der Waals surface area (Å²) < 4.78 is 14.5. The van der Waals surface area contributed by atoms with Crippen LogP contribution in [0.3, 0.4) is 0 Å².